The Hall–Kier alpha value is -3.58. The van der Waals surface area contributed by atoms with Gasteiger partial charge < -0.3 is 4.74 Å². The number of cyclic esters (lactones) is 1. The van der Waals surface area contributed by atoms with Crippen molar-refractivity contribution in [1.82, 2.24) is 4.98 Å². The van der Waals surface area contributed by atoms with E-state index >= 15 is 0 Å². The highest BCUT2D eigenvalue weighted by atomic mass is 32.1. The molecule has 0 saturated heterocycles. The molecular formula is C23H19N3O3S. The van der Waals surface area contributed by atoms with Crippen molar-refractivity contribution >= 4 is 46.0 Å². The molecule has 2 heterocycles. The third-order valence-electron chi connectivity index (χ3n) is 4.69. The summed E-state index contributed by atoms with van der Waals surface area (Å²) in [6, 6.07) is 15.1. The number of carbonyl (C=O) groups excluding carboxylic acids is 2. The highest BCUT2D eigenvalue weighted by Crippen LogP contribution is 2.30. The van der Waals surface area contributed by atoms with Crippen molar-refractivity contribution < 1.29 is 14.3 Å². The topological polar surface area (TPSA) is 71.9 Å². The molecule has 1 aliphatic rings. The number of nitrogens with zero attached hydrogens (tertiary/aromatic N) is 3. The predicted octanol–water partition coefficient (Wildman–Crippen LogP) is 4.79. The van der Waals surface area contributed by atoms with Crippen molar-refractivity contribution in [3.8, 4) is 0 Å². The van der Waals surface area contributed by atoms with E-state index in [1.807, 2.05) is 62.4 Å². The fraction of sp³-hybridized carbons (Fsp3) is 0.130. The lowest BCUT2D eigenvalue weighted by atomic mass is 10.1. The first-order valence-electron chi connectivity index (χ1n) is 9.34. The molecule has 7 heteroatoms. The number of para-hydroxylation sites is 1. The van der Waals surface area contributed by atoms with Gasteiger partial charge in [0.1, 0.15) is 0 Å². The molecule has 0 bridgehead atoms. The number of carbonyl (C=O) groups is 2. The minimum atomic E-state index is -0.524. The molecule has 0 saturated carbocycles. The lowest BCUT2D eigenvalue weighted by Gasteiger charge is -2.17. The summed E-state index contributed by atoms with van der Waals surface area (Å²) in [5, 5.41) is 2.29. The minimum Gasteiger partial charge on any atom is -0.402 e. The molecule has 0 atom stereocenters. The Kier molecular flexibility index (Phi) is 5.29. The van der Waals surface area contributed by atoms with Gasteiger partial charge in [-0.15, -0.1) is 11.3 Å². The van der Waals surface area contributed by atoms with Crippen molar-refractivity contribution in [1.29, 1.82) is 0 Å². The summed E-state index contributed by atoms with van der Waals surface area (Å²) in [5.74, 6) is -0.395. The Labute approximate surface area is 178 Å². The number of rotatable bonds is 4. The van der Waals surface area contributed by atoms with Crippen LogP contribution in [0.25, 0.3) is 6.08 Å². The molecule has 0 fully saturated rings. The summed E-state index contributed by atoms with van der Waals surface area (Å²) in [6.07, 6.45) is 1.57. The Morgan fingerprint density at radius 1 is 1.10 bits per heavy atom. The van der Waals surface area contributed by atoms with Gasteiger partial charge in [-0.3, -0.25) is 9.69 Å². The first-order chi connectivity index (χ1) is 14.4. The Bertz CT molecular complexity index is 1200. The zero-order chi connectivity index (χ0) is 21.3. The molecule has 1 aromatic heterocycles. The SMILES string of the molecule is CC(=O)N(c1ccccc1)c1nc(/C=C2\N=C(c3ccc(C)c(C)c3)OC2=O)cs1. The Morgan fingerprint density at radius 3 is 2.57 bits per heavy atom. The normalized spacial score (nSPS) is 14.6. The quantitative estimate of drug-likeness (QED) is 0.452. The molecular weight excluding hydrogens is 398 g/mol. The molecule has 4 rings (SSSR count). The second-order valence-corrected chi connectivity index (χ2v) is 7.72. The van der Waals surface area contributed by atoms with E-state index in [0.717, 1.165) is 22.4 Å². The van der Waals surface area contributed by atoms with Crippen LogP contribution in [0.5, 0.6) is 0 Å². The first kappa shape index (κ1) is 19.7. The zero-order valence-corrected chi connectivity index (χ0v) is 17.6. The van der Waals surface area contributed by atoms with Crippen molar-refractivity contribution in [2.75, 3.05) is 4.90 Å². The highest BCUT2D eigenvalue weighted by molar-refractivity contribution is 7.14. The van der Waals surface area contributed by atoms with E-state index in [2.05, 4.69) is 9.98 Å². The standard InChI is InChI=1S/C23H19N3O3S/c1-14-9-10-17(11-15(14)2)21-25-20(22(28)29-21)12-18-13-30-23(24-18)26(16(3)27)19-7-5-4-6-8-19/h4-13H,1-3H3/b20-12-. The van der Waals surface area contributed by atoms with E-state index in [4.69, 9.17) is 4.74 Å². The first-order valence-corrected chi connectivity index (χ1v) is 10.2. The lowest BCUT2D eigenvalue weighted by Crippen LogP contribution is -2.22. The van der Waals surface area contributed by atoms with Crippen molar-refractivity contribution in [2.45, 2.75) is 20.8 Å². The van der Waals surface area contributed by atoms with E-state index in [-0.39, 0.29) is 17.5 Å². The van der Waals surface area contributed by atoms with Gasteiger partial charge in [-0.2, -0.15) is 0 Å². The highest BCUT2D eigenvalue weighted by Gasteiger charge is 2.25. The minimum absolute atomic E-state index is 0.148. The molecule has 1 amide bonds. The molecule has 0 N–H and O–H groups in total. The smallest absolute Gasteiger partial charge is 0.363 e. The molecule has 6 nitrogen and oxygen atoms in total. The van der Waals surface area contributed by atoms with Crippen LogP contribution in [0.3, 0.4) is 0 Å². The molecule has 30 heavy (non-hydrogen) atoms. The summed E-state index contributed by atoms with van der Waals surface area (Å²) in [4.78, 5) is 34.8. The molecule has 150 valence electrons. The van der Waals surface area contributed by atoms with Crippen molar-refractivity contribution in [2.24, 2.45) is 4.99 Å². The van der Waals surface area contributed by atoms with Crippen LogP contribution >= 0.6 is 11.3 Å². The zero-order valence-electron chi connectivity index (χ0n) is 16.7. The molecule has 0 aliphatic carbocycles. The van der Waals surface area contributed by atoms with Crippen LogP contribution in [0.2, 0.25) is 0 Å². The number of aryl methyl sites for hydroxylation is 2. The second-order valence-electron chi connectivity index (χ2n) is 6.88. The van der Waals surface area contributed by atoms with E-state index in [0.29, 0.717) is 10.8 Å². The Morgan fingerprint density at radius 2 is 1.87 bits per heavy atom. The van der Waals surface area contributed by atoms with Crippen LogP contribution in [0, 0.1) is 13.8 Å². The summed E-state index contributed by atoms with van der Waals surface area (Å²) in [7, 11) is 0. The number of amides is 1. The second kappa shape index (κ2) is 8.04. The largest absolute Gasteiger partial charge is 0.402 e. The fourth-order valence-corrected chi connectivity index (χ4v) is 3.84. The summed E-state index contributed by atoms with van der Waals surface area (Å²) < 4.78 is 5.34. The number of thiazole rings is 1. The van der Waals surface area contributed by atoms with Crippen molar-refractivity contribution in [3.63, 3.8) is 0 Å². The summed E-state index contributed by atoms with van der Waals surface area (Å²) >= 11 is 1.31. The molecule has 3 aromatic rings. The predicted molar refractivity (Wildman–Crippen MR) is 118 cm³/mol. The molecule has 0 spiro atoms. The molecule has 2 aromatic carbocycles. The summed E-state index contributed by atoms with van der Waals surface area (Å²) in [6.45, 7) is 5.50. The molecule has 0 unspecified atom stereocenters. The monoisotopic (exact) mass is 417 g/mol. The molecule has 0 radical (unpaired) electrons. The molecule has 1 aliphatic heterocycles. The van der Waals surface area contributed by atoms with Crippen LogP contribution in [0.4, 0.5) is 10.8 Å². The van der Waals surface area contributed by atoms with Gasteiger partial charge >= 0.3 is 5.97 Å². The van der Waals surface area contributed by atoms with Crippen LogP contribution in [0.15, 0.2) is 64.6 Å². The maximum Gasteiger partial charge on any atom is 0.363 e. The number of hydrogen-bond acceptors (Lipinski definition) is 6. The number of hydrogen-bond donors (Lipinski definition) is 0. The van der Waals surface area contributed by atoms with Crippen LogP contribution in [-0.4, -0.2) is 22.8 Å². The van der Waals surface area contributed by atoms with Gasteiger partial charge in [0.25, 0.3) is 0 Å². The van der Waals surface area contributed by atoms with Gasteiger partial charge in [-0.1, -0.05) is 24.3 Å². The lowest BCUT2D eigenvalue weighted by molar-refractivity contribution is -0.130. The van der Waals surface area contributed by atoms with Gasteiger partial charge in [-0.25, -0.2) is 14.8 Å². The van der Waals surface area contributed by atoms with E-state index in [9.17, 15) is 9.59 Å². The number of aliphatic imine (C=N–C) groups is 1. The maximum atomic E-state index is 12.3. The number of anilines is 2. The van der Waals surface area contributed by atoms with Crippen LogP contribution < -0.4 is 4.90 Å². The maximum absolute atomic E-state index is 12.3. The average Bonchev–Trinajstić information content (AvgIpc) is 3.32. The summed E-state index contributed by atoms with van der Waals surface area (Å²) in [5.41, 5.74) is 4.44. The number of benzene rings is 2. The van der Waals surface area contributed by atoms with Gasteiger partial charge in [0.2, 0.25) is 11.8 Å². The fourth-order valence-electron chi connectivity index (χ4n) is 3.00. The average molecular weight is 417 g/mol. The van der Waals surface area contributed by atoms with Gasteiger partial charge in [0.05, 0.1) is 11.4 Å². The van der Waals surface area contributed by atoms with Gasteiger partial charge in [0.15, 0.2) is 10.8 Å². The van der Waals surface area contributed by atoms with E-state index in [1.165, 1.54) is 23.2 Å². The van der Waals surface area contributed by atoms with Crippen LogP contribution in [0.1, 0.15) is 29.3 Å². The number of aromatic nitrogens is 1. The third-order valence-corrected chi connectivity index (χ3v) is 5.53. The third kappa shape index (κ3) is 3.92. The van der Waals surface area contributed by atoms with Crippen LogP contribution in [-0.2, 0) is 14.3 Å². The van der Waals surface area contributed by atoms with Crippen molar-refractivity contribution in [3.05, 3.63) is 82.0 Å². The number of esters is 1. The van der Waals surface area contributed by atoms with Gasteiger partial charge in [0, 0.05) is 17.9 Å². The van der Waals surface area contributed by atoms with E-state index < -0.39 is 5.97 Å². The Balaban J connectivity index is 1.63. The number of ether oxygens (including phenoxy) is 1. The van der Waals surface area contributed by atoms with E-state index in [1.54, 1.807) is 11.5 Å². The van der Waals surface area contributed by atoms with Gasteiger partial charge in [-0.05, 0) is 55.3 Å².